The van der Waals surface area contributed by atoms with Gasteiger partial charge in [0.05, 0.1) is 0 Å². The topological polar surface area (TPSA) is 62.7 Å². The van der Waals surface area contributed by atoms with Crippen molar-refractivity contribution in [3.63, 3.8) is 0 Å². The first-order chi connectivity index (χ1) is 9.69. The molecule has 1 saturated carbocycles. The molecule has 0 amide bonds. The Morgan fingerprint density at radius 2 is 2.10 bits per heavy atom. The Labute approximate surface area is 121 Å². The average Bonchev–Trinajstić information content (AvgIpc) is 3.24. The number of H-pyrrole nitrogens is 1. The van der Waals surface area contributed by atoms with Gasteiger partial charge >= 0.3 is 5.69 Å². The monoisotopic (exact) mass is 290 g/mol. The van der Waals surface area contributed by atoms with Gasteiger partial charge in [-0.05, 0) is 56.3 Å². The molecule has 106 valence electrons. The number of hydrogen-bond donors (Lipinski definition) is 2. The SMILES string of the molecule is CNC(C)c1ccc(Sc2n[nH]c(=O)n2C2CC2)cc1. The molecule has 1 aromatic carbocycles. The summed E-state index contributed by atoms with van der Waals surface area (Å²) < 4.78 is 1.77. The maximum Gasteiger partial charge on any atom is 0.344 e. The van der Waals surface area contributed by atoms with E-state index in [0.29, 0.717) is 12.1 Å². The third-order valence-electron chi connectivity index (χ3n) is 3.61. The van der Waals surface area contributed by atoms with E-state index in [-0.39, 0.29) is 5.69 Å². The lowest BCUT2D eigenvalue weighted by atomic mass is 10.1. The standard InChI is InChI=1S/C14H18N4OS/c1-9(15-2)10-3-7-12(8-4-10)20-14-17-16-13(19)18(14)11-5-6-11/h3-4,7-9,11,15H,5-6H2,1-2H3,(H,16,19). The van der Waals surface area contributed by atoms with Crippen molar-refractivity contribution >= 4 is 11.8 Å². The third kappa shape index (κ3) is 2.66. The minimum atomic E-state index is -0.101. The van der Waals surface area contributed by atoms with Crippen LogP contribution in [0.2, 0.25) is 0 Å². The van der Waals surface area contributed by atoms with Gasteiger partial charge in [-0.2, -0.15) is 0 Å². The van der Waals surface area contributed by atoms with E-state index in [1.54, 1.807) is 4.57 Å². The fraction of sp³-hybridized carbons (Fsp3) is 0.429. The Morgan fingerprint density at radius 3 is 2.70 bits per heavy atom. The van der Waals surface area contributed by atoms with Crippen molar-refractivity contribution in [2.75, 3.05) is 7.05 Å². The van der Waals surface area contributed by atoms with Crippen LogP contribution in [0, 0.1) is 0 Å². The third-order valence-corrected chi connectivity index (χ3v) is 4.58. The molecule has 0 bridgehead atoms. The highest BCUT2D eigenvalue weighted by atomic mass is 32.2. The number of nitrogens with one attached hydrogen (secondary N) is 2. The molecule has 1 aromatic heterocycles. The summed E-state index contributed by atoms with van der Waals surface area (Å²) in [4.78, 5) is 12.8. The highest BCUT2D eigenvalue weighted by Crippen LogP contribution is 2.37. The van der Waals surface area contributed by atoms with Gasteiger partial charge in [0.1, 0.15) is 0 Å². The van der Waals surface area contributed by atoms with Crippen molar-refractivity contribution in [2.24, 2.45) is 0 Å². The predicted octanol–water partition coefficient (Wildman–Crippen LogP) is 2.34. The second kappa shape index (κ2) is 5.46. The highest BCUT2D eigenvalue weighted by Gasteiger charge is 2.28. The molecule has 1 aliphatic rings. The number of aromatic amines is 1. The number of rotatable bonds is 5. The number of aromatic nitrogens is 3. The second-order valence-corrected chi connectivity index (χ2v) is 6.13. The summed E-state index contributed by atoms with van der Waals surface area (Å²) in [7, 11) is 1.95. The minimum absolute atomic E-state index is 0.101. The van der Waals surface area contributed by atoms with Crippen LogP contribution in [0.1, 0.15) is 37.4 Å². The molecule has 6 heteroatoms. The van der Waals surface area contributed by atoms with Crippen molar-refractivity contribution in [3.05, 3.63) is 40.3 Å². The quantitative estimate of drug-likeness (QED) is 0.887. The van der Waals surface area contributed by atoms with Crippen molar-refractivity contribution in [2.45, 2.75) is 41.9 Å². The molecule has 3 rings (SSSR count). The van der Waals surface area contributed by atoms with Crippen molar-refractivity contribution in [1.82, 2.24) is 20.1 Å². The zero-order valence-corrected chi connectivity index (χ0v) is 12.4. The van der Waals surface area contributed by atoms with E-state index in [1.807, 2.05) is 7.05 Å². The molecule has 5 nitrogen and oxygen atoms in total. The lowest BCUT2D eigenvalue weighted by Crippen LogP contribution is -2.16. The molecular weight excluding hydrogens is 272 g/mol. The largest absolute Gasteiger partial charge is 0.344 e. The summed E-state index contributed by atoms with van der Waals surface area (Å²) in [6, 6.07) is 9.04. The molecule has 1 aliphatic carbocycles. The number of nitrogens with zero attached hydrogens (tertiary/aromatic N) is 2. The fourth-order valence-electron chi connectivity index (χ4n) is 2.11. The molecule has 2 aromatic rings. The minimum Gasteiger partial charge on any atom is -0.313 e. The smallest absolute Gasteiger partial charge is 0.313 e. The van der Waals surface area contributed by atoms with E-state index >= 15 is 0 Å². The molecular formula is C14H18N4OS. The van der Waals surface area contributed by atoms with Gasteiger partial charge in [0.15, 0.2) is 5.16 Å². The van der Waals surface area contributed by atoms with Crippen molar-refractivity contribution < 1.29 is 0 Å². The summed E-state index contributed by atoms with van der Waals surface area (Å²) in [5, 5.41) is 10.6. The Hall–Kier alpha value is -1.53. The van der Waals surface area contributed by atoms with Gasteiger partial charge in [0, 0.05) is 17.0 Å². The van der Waals surface area contributed by atoms with Gasteiger partial charge in [-0.1, -0.05) is 12.1 Å². The lowest BCUT2D eigenvalue weighted by Gasteiger charge is -2.10. The van der Waals surface area contributed by atoms with Gasteiger partial charge in [0.2, 0.25) is 0 Å². The molecule has 0 spiro atoms. The van der Waals surface area contributed by atoms with Crippen LogP contribution in [0.5, 0.6) is 0 Å². The number of benzene rings is 1. The maximum atomic E-state index is 11.7. The molecule has 20 heavy (non-hydrogen) atoms. The van der Waals surface area contributed by atoms with Crippen LogP contribution in [0.3, 0.4) is 0 Å². The zero-order chi connectivity index (χ0) is 14.1. The van der Waals surface area contributed by atoms with Crippen LogP contribution in [-0.4, -0.2) is 21.8 Å². The van der Waals surface area contributed by atoms with Gasteiger partial charge in [-0.3, -0.25) is 4.57 Å². The molecule has 0 aliphatic heterocycles. The van der Waals surface area contributed by atoms with Crippen molar-refractivity contribution in [1.29, 1.82) is 0 Å². The van der Waals surface area contributed by atoms with Crippen LogP contribution in [0.25, 0.3) is 0 Å². The molecule has 1 heterocycles. The number of hydrogen-bond acceptors (Lipinski definition) is 4. The van der Waals surface area contributed by atoms with Crippen LogP contribution < -0.4 is 11.0 Å². The summed E-state index contributed by atoms with van der Waals surface area (Å²) in [5.74, 6) is 0. The van der Waals surface area contributed by atoms with Gasteiger partial charge < -0.3 is 5.32 Å². The Morgan fingerprint density at radius 1 is 1.40 bits per heavy atom. The van der Waals surface area contributed by atoms with E-state index in [2.05, 4.69) is 46.7 Å². The van der Waals surface area contributed by atoms with Crippen LogP contribution >= 0.6 is 11.8 Å². The molecule has 1 atom stereocenters. The Balaban J connectivity index is 1.79. The second-order valence-electron chi connectivity index (χ2n) is 5.09. The van der Waals surface area contributed by atoms with Crippen LogP contribution in [0.15, 0.2) is 39.1 Å². The summed E-state index contributed by atoms with van der Waals surface area (Å²) in [6.07, 6.45) is 2.15. The normalized spacial score (nSPS) is 16.3. The molecule has 2 N–H and O–H groups in total. The first kappa shape index (κ1) is 13.5. The first-order valence-corrected chi connectivity index (χ1v) is 7.62. The van der Waals surface area contributed by atoms with E-state index in [1.165, 1.54) is 17.3 Å². The first-order valence-electron chi connectivity index (χ1n) is 6.81. The van der Waals surface area contributed by atoms with E-state index in [0.717, 1.165) is 22.9 Å². The van der Waals surface area contributed by atoms with Gasteiger partial charge in [-0.25, -0.2) is 9.89 Å². The van der Waals surface area contributed by atoms with Crippen LogP contribution in [-0.2, 0) is 0 Å². The molecule has 0 radical (unpaired) electrons. The molecule has 1 fully saturated rings. The zero-order valence-electron chi connectivity index (χ0n) is 11.6. The lowest BCUT2D eigenvalue weighted by molar-refractivity contribution is 0.642. The van der Waals surface area contributed by atoms with E-state index in [4.69, 9.17) is 0 Å². The summed E-state index contributed by atoms with van der Waals surface area (Å²) >= 11 is 1.53. The maximum absolute atomic E-state index is 11.7. The predicted molar refractivity (Wildman–Crippen MR) is 79.2 cm³/mol. The molecule has 1 unspecified atom stereocenters. The average molecular weight is 290 g/mol. The molecule has 0 saturated heterocycles. The Bertz CT molecular complexity index is 642. The van der Waals surface area contributed by atoms with Crippen molar-refractivity contribution in [3.8, 4) is 0 Å². The summed E-state index contributed by atoms with van der Waals surface area (Å²) in [6.45, 7) is 2.13. The van der Waals surface area contributed by atoms with Gasteiger partial charge in [0.25, 0.3) is 0 Å². The van der Waals surface area contributed by atoms with Crippen LogP contribution in [0.4, 0.5) is 0 Å². The van der Waals surface area contributed by atoms with E-state index in [9.17, 15) is 4.79 Å². The highest BCUT2D eigenvalue weighted by molar-refractivity contribution is 7.99. The fourth-order valence-corrected chi connectivity index (χ4v) is 3.02. The van der Waals surface area contributed by atoms with Gasteiger partial charge in [-0.15, -0.1) is 5.10 Å². The Kier molecular flexibility index (Phi) is 3.67. The summed E-state index contributed by atoms with van der Waals surface area (Å²) in [5.41, 5.74) is 1.15. The van der Waals surface area contributed by atoms with E-state index < -0.39 is 0 Å².